The summed E-state index contributed by atoms with van der Waals surface area (Å²) in [6.45, 7) is 6.12. The lowest BCUT2D eigenvalue weighted by Crippen LogP contribution is -2.54. The van der Waals surface area contributed by atoms with Gasteiger partial charge in [0.15, 0.2) is 11.5 Å². The van der Waals surface area contributed by atoms with E-state index in [1.54, 1.807) is 36.4 Å². The van der Waals surface area contributed by atoms with Gasteiger partial charge in [-0.1, -0.05) is 0 Å². The number of urea groups is 1. The first-order chi connectivity index (χ1) is 15.2. The second-order valence-corrected chi connectivity index (χ2v) is 7.94. The minimum atomic E-state index is -0.819. The number of hydrogen-bond acceptors (Lipinski definition) is 6. The topological polar surface area (TPSA) is 94.2 Å². The fourth-order valence-electron chi connectivity index (χ4n) is 3.09. The lowest BCUT2D eigenvalue weighted by Gasteiger charge is -2.26. The number of imide groups is 2. The third-order valence-electron chi connectivity index (χ3n) is 4.42. The lowest BCUT2D eigenvalue weighted by molar-refractivity contribution is -0.122. The van der Waals surface area contributed by atoms with Crippen LogP contribution in [0.3, 0.4) is 0 Å². The third kappa shape index (κ3) is 4.94. The van der Waals surface area contributed by atoms with E-state index < -0.39 is 17.8 Å². The van der Waals surface area contributed by atoms with Crippen LogP contribution in [0.1, 0.15) is 26.3 Å². The van der Waals surface area contributed by atoms with Crippen molar-refractivity contribution in [2.24, 2.45) is 0 Å². The standard InChI is InChI=1S/C23H23BrN2O6/c1-5-31-16-8-6-15(7-9-16)26-22(28)17(21(27)25-23(26)29)10-14-11-18(24)20(32-13(2)3)19(12-14)30-4/h6-13H,5H2,1-4H3,(H,25,27,29)/b17-10+. The van der Waals surface area contributed by atoms with Crippen molar-refractivity contribution in [3.8, 4) is 17.2 Å². The van der Waals surface area contributed by atoms with E-state index in [0.29, 0.717) is 39.6 Å². The summed E-state index contributed by atoms with van der Waals surface area (Å²) in [6.07, 6.45) is 1.32. The maximum absolute atomic E-state index is 13.1. The van der Waals surface area contributed by atoms with Crippen molar-refractivity contribution in [1.82, 2.24) is 5.32 Å². The summed E-state index contributed by atoms with van der Waals surface area (Å²) in [7, 11) is 1.50. The molecule has 0 unspecified atom stereocenters. The highest BCUT2D eigenvalue weighted by atomic mass is 79.9. The normalized spacial score (nSPS) is 15.2. The van der Waals surface area contributed by atoms with Gasteiger partial charge in [0.05, 0.1) is 30.0 Å². The Morgan fingerprint density at radius 3 is 2.41 bits per heavy atom. The Balaban J connectivity index is 1.98. The lowest BCUT2D eigenvalue weighted by atomic mass is 10.1. The van der Waals surface area contributed by atoms with Crippen LogP contribution in [0.4, 0.5) is 10.5 Å². The molecule has 0 aromatic heterocycles. The Morgan fingerprint density at radius 1 is 1.12 bits per heavy atom. The van der Waals surface area contributed by atoms with E-state index in [1.807, 2.05) is 20.8 Å². The van der Waals surface area contributed by atoms with E-state index in [1.165, 1.54) is 13.2 Å². The first-order valence-electron chi connectivity index (χ1n) is 9.93. The Kier molecular flexibility index (Phi) is 7.19. The van der Waals surface area contributed by atoms with Crippen LogP contribution in [-0.2, 0) is 9.59 Å². The third-order valence-corrected chi connectivity index (χ3v) is 5.01. The maximum Gasteiger partial charge on any atom is 0.335 e. The molecule has 3 rings (SSSR count). The molecular weight excluding hydrogens is 480 g/mol. The number of carbonyl (C=O) groups is 3. The molecule has 1 N–H and O–H groups in total. The number of halogens is 1. The number of nitrogens with zero attached hydrogens (tertiary/aromatic N) is 1. The predicted molar refractivity (Wildman–Crippen MR) is 123 cm³/mol. The van der Waals surface area contributed by atoms with E-state index in [-0.39, 0.29) is 11.7 Å². The quantitative estimate of drug-likeness (QED) is 0.447. The number of hydrogen-bond donors (Lipinski definition) is 1. The molecule has 0 spiro atoms. The average Bonchev–Trinajstić information content (AvgIpc) is 2.73. The van der Waals surface area contributed by atoms with Gasteiger partial charge in [0, 0.05) is 0 Å². The highest BCUT2D eigenvalue weighted by Gasteiger charge is 2.36. The number of anilines is 1. The zero-order chi connectivity index (χ0) is 23.4. The zero-order valence-corrected chi connectivity index (χ0v) is 19.7. The van der Waals surface area contributed by atoms with Crippen LogP contribution in [0, 0.1) is 0 Å². The number of ether oxygens (including phenoxy) is 3. The summed E-state index contributed by atoms with van der Waals surface area (Å²) < 4.78 is 17.2. The van der Waals surface area contributed by atoms with Gasteiger partial charge in [0.1, 0.15) is 11.3 Å². The summed E-state index contributed by atoms with van der Waals surface area (Å²) in [6, 6.07) is 8.98. The molecule has 1 fully saturated rings. The second kappa shape index (κ2) is 9.86. The molecule has 8 nitrogen and oxygen atoms in total. The van der Waals surface area contributed by atoms with Gasteiger partial charge in [-0.3, -0.25) is 14.9 Å². The molecule has 1 aliphatic heterocycles. The number of nitrogens with one attached hydrogen (secondary N) is 1. The number of rotatable bonds is 7. The highest BCUT2D eigenvalue weighted by Crippen LogP contribution is 2.38. The van der Waals surface area contributed by atoms with E-state index in [4.69, 9.17) is 14.2 Å². The first-order valence-corrected chi connectivity index (χ1v) is 10.7. The van der Waals surface area contributed by atoms with Crippen molar-refractivity contribution in [2.75, 3.05) is 18.6 Å². The Hall–Kier alpha value is -3.33. The molecular formula is C23H23BrN2O6. The van der Waals surface area contributed by atoms with Crippen LogP contribution in [-0.4, -0.2) is 37.7 Å². The molecule has 32 heavy (non-hydrogen) atoms. The molecule has 2 aromatic carbocycles. The molecule has 9 heteroatoms. The van der Waals surface area contributed by atoms with Crippen LogP contribution in [0.15, 0.2) is 46.4 Å². The van der Waals surface area contributed by atoms with Crippen molar-refractivity contribution in [3.63, 3.8) is 0 Å². The Morgan fingerprint density at radius 2 is 1.81 bits per heavy atom. The minimum Gasteiger partial charge on any atom is -0.494 e. The summed E-state index contributed by atoms with van der Waals surface area (Å²) in [5, 5.41) is 2.21. The molecule has 2 aromatic rings. The van der Waals surface area contributed by atoms with Crippen molar-refractivity contribution < 1.29 is 28.6 Å². The predicted octanol–water partition coefficient (Wildman–Crippen LogP) is 4.31. The van der Waals surface area contributed by atoms with Gasteiger partial charge in [0.2, 0.25) is 0 Å². The van der Waals surface area contributed by atoms with E-state index >= 15 is 0 Å². The average molecular weight is 503 g/mol. The highest BCUT2D eigenvalue weighted by molar-refractivity contribution is 9.10. The second-order valence-electron chi connectivity index (χ2n) is 7.09. The van der Waals surface area contributed by atoms with Gasteiger partial charge in [-0.25, -0.2) is 9.69 Å². The largest absolute Gasteiger partial charge is 0.494 e. The molecule has 0 radical (unpaired) electrons. The SMILES string of the molecule is CCOc1ccc(N2C(=O)NC(=O)/C(=C\c3cc(Br)c(OC(C)C)c(OC)c3)C2=O)cc1. The van der Waals surface area contributed by atoms with Crippen molar-refractivity contribution in [1.29, 1.82) is 0 Å². The Labute approximate surface area is 194 Å². The van der Waals surface area contributed by atoms with Gasteiger partial charge < -0.3 is 14.2 Å². The van der Waals surface area contributed by atoms with Crippen LogP contribution >= 0.6 is 15.9 Å². The van der Waals surface area contributed by atoms with Gasteiger partial charge in [-0.2, -0.15) is 0 Å². The van der Waals surface area contributed by atoms with Crippen LogP contribution in [0.5, 0.6) is 17.2 Å². The van der Waals surface area contributed by atoms with Crippen molar-refractivity contribution in [2.45, 2.75) is 26.9 Å². The molecule has 0 atom stereocenters. The smallest absolute Gasteiger partial charge is 0.335 e. The molecule has 168 valence electrons. The zero-order valence-electron chi connectivity index (χ0n) is 18.1. The summed E-state index contributed by atoms with van der Waals surface area (Å²) in [5.74, 6) is 0.0344. The fraction of sp³-hybridized carbons (Fsp3) is 0.261. The monoisotopic (exact) mass is 502 g/mol. The summed E-state index contributed by atoms with van der Waals surface area (Å²) in [4.78, 5) is 38.8. The van der Waals surface area contributed by atoms with E-state index in [9.17, 15) is 14.4 Å². The van der Waals surface area contributed by atoms with Crippen LogP contribution in [0.25, 0.3) is 6.08 Å². The minimum absolute atomic E-state index is 0.0798. The summed E-state index contributed by atoms with van der Waals surface area (Å²) in [5.41, 5.74) is 0.642. The van der Waals surface area contributed by atoms with Gasteiger partial charge in [-0.15, -0.1) is 0 Å². The van der Waals surface area contributed by atoms with Crippen LogP contribution < -0.4 is 24.4 Å². The van der Waals surface area contributed by atoms with Crippen molar-refractivity contribution >= 4 is 45.5 Å². The van der Waals surface area contributed by atoms with Crippen molar-refractivity contribution in [3.05, 3.63) is 52.0 Å². The summed E-state index contributed by atoms with van der Waals surface area (Å²) >= 11 is 3.44. The molecule has 1 aliphatic rings. The molecule has 0 saturated carbocycles. The number of benzene rings is 2. The first kappa shape index (κ1) is 23.3. The maximum atomic E-state index is 13.1. The number of barbiturate groups is 1. The van der Waals surface area contributed by atoms with E-state index in [2.05, 4.69) is 21.2 Å². The van der Waals surface area contributed by atoms with Gasteiger partial charge >= 0.3 is 6.03 Å². The Bertz CT molecular complexity index is 1080. The fourth-order valence-corrected chi connectivity index (χ4v) is 3.64. The number of amides is 4. The van der Waals surface area contributed by atoms with Gasteiger partial charge in [0.25, 0.3) is 11.8 Å². The van der Waals surface area contributed by atoms with Crippen LogP contribution in [0.2, 0.25) is 0 Å². The van der Waals surface area contributed by atoms with E-state index in [0.717, 1.165) is 4.90 Å². The molecule has 1 heterocycles. The molecule has 0 bridgehead atoms. The number of methoxy groups -OCH3 is 1. The number of carbonyl (C=O) groups excluding carboxylic acids is 3. The molecule has 1 saturated heterocycles. The van der Waals surface area contributed by atoms with Gasteiger partial charge in [-0.05, 0) is 84.7 Å². The molecule has 0 aliphatic carbocycles. The molecule has 4 amide bonds.